The van der Waals surface area contributed by atoms with Gasteiger partial charge < -0.3 is 14.7 Å². The highest BCUT2D eigenvalue weighted by Gasteiger charge is 2.58. The van der Waals surface area contributed by atoms with Crippen molar-refractivity contribution in [2.75, 3.05) is 14.7 Å². The van der Waals surface area contributed by atoms with Crippen LogP contribution in [-0.4, -0.2) is 12.3 Å². The SMILES string of the molecule is Cc1cc2c3c(c1)N(c1ccc(C(C)(C)C)cc1-c1ccccc1)c1cc4c(cc1B3c1ccc(N3c5ccc(/C(=C\c6ccc(C(C)(C)C)cc6)c6ccc(C(C)(C)C)cc6)cc5C5(C)CCCCC35C)cc1N2c1ccc(C(C)(C)C)cc1C)CC(C)(C)C4. The summed E-state index contributed by atoms with van der Waals surface area (Å²) in [6, 6.07) is 70.1. The van der Waals surface area contributed by atoms with Gasteiger partial charge in [0.15, 0.2) is 0 Å². The summed E-state index contributed by atoms with van der Waals surface area (Å²) in [5.74, 6) is 0. The average molecular weight is 1190 g/mol. The van der Waals surface area contributed by atoms with Crippen LogP contribution in [0.5, 0.6) is 0 Å². The van der Waals surface area contributed by atoms with E-state index in [1.54, 1.807) is 0 Å². The fourth-order valence-corrected chi connectivity index (χ4v) is 16.8. The predicted octanol–water partition coefficient (Wildman–Crippen LogP) is 21.7. The van der Waals surface area contributed by atoms with Crippen molar-refractivity contribution in [2.24, 2.45) is 5.41 Å². The molecular weight excluding hydrogens is 1100 g/mol. The van der Waals surface area contributed by atoms with Crippen molar-refractivity contribution in [1.82, 2.24) is 0 Å². The van der Waals surface area contributed by atoms with Crippen molar-refractivity contribution in [2.45, 2.75) is 196 Å². The molecule has 1 fully saturated rings. The molecule has 0 amide bonds. The van der Waals surface area contributed by atoms with E-state index in [4.69, 9.17) is 0 Å². The van der Waals surface area contributed by atoms with E-state index < -0.39 is 0 Å². The fraction of sp³-hybridized carbons (Fsp3) is 0.356. The molecule has 0 bridgehead atoms. The maximum absolute atomic E-state index is 2.82. The Morgan fingerprint density at radius 1 is 0.451 bits per heavy atom. The summed E-state index contributed by atoms with van der Waals surface area (Å²) in [6.07, 6.45) is 9.24. The predicted molar refractivity (Wildman–Crippen MR) is 394 cm³/mol. The van der Waals surface area contributed by atoms with Gasteiger partial charge in [0.05, 0.1) is 11.2 Å². The minimum absolute atomic E-state index is 0.00185. The van der Waals surface area contributed by atoms with Gasteiger partial charge in [0.25, 0.3) is 6.71 Å². The number of fused-ring (bicyclic) bond motifs is 8. The van der Waals surface area contributed by atoms with E-state index in [1.807, 2.05) is 0 Å². The Labute approximate surface area is 546 Å². The van der Waals surface area contributed by atoms with Crippen LogP contribution in [0.1, 0.15) is 203 Å². The molecule has 0 spiro atoms. The van der Waals surface area contributed by atoms with Gasteiger partial charge >= 0.3 is 0 Å². The van der Waals surface area contributed by atoms with Gasteiger partial charge in [-0.2, -0.15) is 0 Å². The molecule has 0 N–H and O–H groups in total. The number of nitrogens with zero attached hydrogens (tertiary/aromatic N) is 3. The number of anilines is 8. The van der Waals surface area contributed by atoms with Crippen molar-refractivity contribution >= 4 is 80.2 Å². The van der Waals surface area contributed by atoms with Crippen LogP contribution in [0.15, 0.2) is 176 Å². The molecule has 2 atom stereocenters. The molecule has 1 saturated carbocycles. The Bertz CT molecular complexity index is 4420. The van der Waals surface area contributed by atoms with Gasteiger partial charge in [-0.3, -0.25) is 0 Å². The standard InChI is InChI=1S/C87H96BN3/c1-55-44-78-80-79(45-55)90(74-41-36-66(84(12,13)14)51-69(74)58-24-20-19-21-25-58)76-50-62-54-85(15,16)53-61(62)49-72(76)88(80)71-38-37-67(52-77(71)89(78)73-40-35-65(46-56(73)2)83(9,10)11)91-75-39-30-60(48-70(75)86(17)42-22-23-43-87(86,91)18)68(59-28-33-64(34-29-59)82(6,7)8)47-57-26-31-63(32-27-57)81(3,4)5/h19-21,24-41,44-52H,22-23,42-43,53-54H2,1-18H3/b68-47-. The van der Waals surface area contributed by atoms with Crippen LogP contribution in [0.4, 0.5) is 45.5 Å². The summed E-state index contributed by atoms with van der Waals surface area (Å²) >= 11 is 0. The molecule has 2 unspecified atom stereocenters. The second-order valence-corrected chi connectivity index (χ2v) is 33.5. The zero-order valence-corrected chi connectivity index (χ0v) is 58.0. The van der Waals surface area contributed by atoms with Crippen molar-refractivity contribution in [3.63, 3.8) is 0 Å². The zero-order chi connectivity index (χ0) is 64.3. The molecule has 91 heavy (non-hydrogen) atoms. The third kappa shape index (κ3) is 10.1. The highest BCUT2D eigenvalue weighted by Crippen LogP contribution is 2.62. The monoisotopic (exact) mass is 1190 g/mol. The Balaban J connectivity index is 0.993. The van der Waals surface area contributed by atoms with Crippen LogP contribution < -0.4 is 31.1 Å². The zero-order valence-electron chi connectivity index (χ0n) is 58.0. The lowest BCUT2D eigenvalue weighted by Gasteiger charge is -2.50. The maximum Gasteiger partial charge on any atom is 0.252 e. The third-order valence-corrected chi connectivity index (χ3v) is 22.2. The van der Waals surface area contributed by atoms with Crippen molar-refractivity contribution in [3.8, 4) is 11.1 Å². The largest absolute Gasteiger partial charge is 0.334 e. The number of hydrogen-bond acceptors (Lipinski definition) is 3. The molecule has 462 valence electrons. The number of benzene rings is 9. The first kappa shape index (κ1) is 60.7. The van der Waals surface area contributed by atoms with Crippen LogP contribution in [0.2, 0.25) is 0 Å². The van der Waals surface area contributed by atoms with E-state index in [9.17, 15) is 0 Å². The third-order valence-electron chi connectivity index (χ3n) is 22.2. The van der Waals surface area contributed by atoms with Crippen LogP contribution in [0.3, 0.4) is 0 Å². The molecule has 9 aromatic rings. The first-order valence-electron chi connectivity index (χ1n) is 34.1. The molecule has 4 heteroatoms. The minimum atomic E-state index is -0.183. The number of aryl methyl sites for hydroxylation is 2. The lowest BCUT2D eigenvalue weighted by atomic mass is 9.33. The molecule has 0 saturated heterocycles. The highest BCUT2D eigenvalue weighted by molar-refractivity contribution is 7.00. The lowest BCUT2D eigenvalue weighted by Crippen LogP contribution is -2.61. The number of hydrogen-bond donors (Lipinski definition) is 0. The fourth-order valence-electron chi connectivity index (χ4n) is 16.8. The summed E-state index contributed by atoms with van der Waals surface area (Å²) in [4.78, 5) is 8.21. The van der Waals surface area contributed by atoms with Gasteiger partial charge in [-0.05, 0) is 235 Å². The molecule has 3 heterocycles. The first-order chi connectivity index (χ1) is 42.9. The second kappa shape index (κ2) is 21.1. The lowest BCUT2D eigenvalue weighted by molar-refractivity contribution is 0.195. The van der Waals surface area contributed by atoms with E-state index >= 15 is 0 Å². The van der Waals surface area contributed by atoms with E-state index in [1.165, 1.54) is 158 Å². The van der Waals surface area contributed by atoms with Gasteiger partial charge in [-0.15, -0.1) is 0 Å². The summed E-state index contributed by atoms with van der Waals surface area (Å²) in [5.41, 5.74) is 34.1. The Kier molecular flexibility index (Phi) is 14.1. The van der Waals surface area contributed by atoms with E-state index in [-0.39, 0.29) is 44.7 Å². The van der Waals surface area contributed by atoms with Crippen LogP contribution >= 0.6 is 0 Å². The molecule has 0 aromatic heterocycles. The van der Waals surface area contributed by atoms with Crippen LogP contribution in [0.25, 0.3) is 22.8 Å². The Hall–Kier alpha value is -7.82. The van der Waals surface area contributed by atoms with Crippen LogP contribution in [0, 0.1) is 19.3 Å². The second-order valence-electron chi connectivity index (χ2n) is 33.5. The summed E-state index contributed by atoms with van der Waals surface area (Å²) in [7, 11) is 0. The topological polar surface area (TPSA) is 9.72 Å². The molecule has 0 radical (unpaired) electrons. The molecule has 5 aliphatic rings. The van der Waals surface area contributed by atoms with Gasteiger partial charge in [0, 0.05) is 50.8 Å². The minimum Gasteiger partial charge on any atom is -0.334 e. The highest BCUT2D eigenvalue weighted by atomic mass is 15.3. The van der Waals surface area contributed by atoms with Crippen LogP contribution in [-0.2, 0) is 39.9 Å². The molecule has 3 aliphatic heterocycles. The molecule has 3 nitrogen and oxygen atoms in total. The summed E-state index contributed by atoms with van der Waals surface area (Å²) in [6.45, 7) is 42.7. The Morgan fingerprint density at radius 3 is 1.62 bits per heavy atom. The van der Waals surface area contributed by atoms with Gasteiger partial charge in [-0.25, -0.2) is 0 Å². The summed E-state index contributed by atoms with van der Waals surface area (Å²) in [5, 5.41) is 0. The van der Waals surface area contributed by atoms with Gasteiger partial charge in [0.2, 0.25) is 0 Å². The number of rotatable bonds is 7. The smallest absolute Gasteiger partial charge is 0.252 e. The van der Waals surface area contributed by atoms with E-state index in [2.05, 4.69) is 321 Å². The quantitative estimate of drug-likeness (QED) is 0.116. The van der Waals surface area contributed by atoms with Gasteiger partial charge in [-0.1, -0.05) is 232 Å². The maximum atomic E-state index is 2.82. The van der Waals surface area contributed by atoms with Crippen molar-refractivity contribution in [3.05, 3.63) is 243 Å². The van der Waals surface area contributed by atoms with Crippen molar-refractivity contribution < 1.29 is 0 Å². The molecule has 2 aliphatic carbocycles. The normalized spacial score (nSPS) is 19.2. The first-order valence-corrected chi connectivity index (χ1v) is 34.1. The van der Waals surface area contributed by atoms with Crippen molar-refractivity contribution in [1.29, 1.82) is 0 Å². The molecular formula is C87H96BN3. The molecule has 14 rings (SSSR count). The van der Waals surface area contributed by atoms with E-state index in [0.717, 1.165) is 25.7 Å². The summed E-state index contributed by atoms with van der Waals surface area (Å²) < 4.78 is 0. The Morgan fingerprint density at radius 2 is 0.989 bits per heavy atom. The average Bonchev–Trinajstić information content (AvgIpc) is 1.67. The van der Waals surface area contributed by atoms with E-state index in [0.29, 0.717) is 0 Å². The molecule has 9 aromatic carbocycles. The van der Waals surface area contributed by atoms with Gasteiger partial charge in [0.1, 0.15) is 0 Å².